The first-order valence-electron chi connectivity index (χ1n) is 5.10. The molecule has 0 aliphatic heterocycles. The summed E-state index contributed by atoms with van der Waals surface area (Å²) in [4.78, 5) is 0. The summed E-state index contributed by atoms with van der Waals surface area (Å²) >= 11 is 11.6. The minimum atomic E-state index is -4.20. The number of alkyl halides is 3. The van der Waals surface area contributed by atoms with E-state index in [1.165, 1.54) is 6.07 Å². The van der Waals surface area contributed by atoms with Gasteiger partial charge in [-0.25, -0.2) is 0 Å². The molecule has 1 aliphatic rings. The van der Waals surface area contributed by atoms with Gasteiger partial charge in [0.1, 0.15) is 5.54 Å². The largest absolute Gasteiger partial charge is 0.406 e. The van der Waals surface area contributed by atoms with Gasteiger partial charge in [0.15, 0.2) is 0 Å². The van der Waals surface area contributed by atoms with E-state index >= 15 is 0 Å². The summed E-state index contributed by atoms with van der Waals surface area (Å²) < 4.78 is 37.9. The minimum Gasteiger partial charge on any atom is -0.299 e. The van der Waals surface area contributed by atoms with E-state index in [2.05, 4.69) is 5.32 Å². The van der Waals surface area contributed by atoms with Crippen LogP contribution in [0, 0.1) is 0 Å². The quantitative estimate of drug-likeness (QED) is 0.878. The van der Waals surface area contributed by atoms with Crippen LogP contribution in [0.3, 0.4) is 0 Å². The second kappa shape index (κ2) is 4.34. The zero-order valence-corrected chi connectivity index (χ0v) is 10.3. The maximum atomic E-state index is 12.6. The van der Waals surface area contributed by atoms with Gasteiger partial charge >= 0.3 is 6.18 Å². The Bertz CT molecular complexity index is 427. The van der Waals surface area contributed by atoms with Crippen LogP contribution in [0.25, 0.3) is 0 Å². The molecule has 1 aromatic carbocycles. The first kappa shape index (κ1) is 13.0. The molecule has 0 amide bonds. The third kappa shape index (κ3) is 2.69. The van der Waals surface area contributed by atoms with Crippen LogP contribution in [0.2, 0.25) is 10.0 Å². The summed E-state index contributed by atoms with van der Waals surface area (Å²) in [7, 11) is 0. The van der Waals surface area contributed by atoms with Crippen molar-refractivity contribution < 1.29 is 13.2 Å². The zero-order valence-electron chi connectivity index (χ0n) is 8.74. The summed E-state index contributed by atoms with van der Waals surface area (Å²) in [5.41, 5.74) is -1.10. The predicted molar refractivity (Wildman–Crippen MR) is 61.3 cm³/mol. The van der Waals surface area contributed by atoms with Gasteiger partial charge in [-0.1, -0.05) is 29.3 Å². The zero-order chi connectivity index (χ0) is 12.7. The molecule has 6 heteroatoms. The van der Waals surface area contributed by atoms with E-state index < -0.39 is 11.7 Å². The lowest BCUT2D eigenvalue weighted by molar-refractivity contribution is -0.166. The van der Waals surface area contributed by atoms with E-state index in [0.717, 1.165) is 0 Å². The molecule has 1 nitrogen and oxygen atoms in total. The molecule has 1 N–H and O–H groups in total. The van der Waals surface area contributed by atoms with Gasteiger partial charge in [-0.2, -0.15) is 13.2 Å². The van der Waals surface area contributed by atoms with Crippen LogP contribution in [-0.4, -0.2) is 11.7 Å². The smallest absolute Gasteiger partial charge is 0.299 e. The summed E-state index contributed by atoms with van der Waals surface area (Å²) in [6, 6.07) is 4.76. The summed E-state index contributed by atoms with van der Waals surface area (Å²) in [5, 5.41) is 3.38. The highest BCUT2D eigenvalue weighted by Gasteiger charge is 2.62. The van der Waals surface area contributed by atoms with Gasteiger partial charge in [-0.05, 0) is 30.5 Å². The number of benzene rings is 1. The second-order valence-electron chi connectivity index (χ2n) is 4.17. The van der Waals surface area contributed by atoms with Gasteiger partial charge in [-0.15, -0.1) is 0 Å². The first-order chi connectivity index (χ1) is 7.84. The van der Waals surface area contributed by atoms with Crippen LogP contribution < -0.4 is 5.32 Å². The van der Waals surface area contributed by atoms with Gasteiger partial charge in [0, 0.05) is 16.6 Å². The molecule has 17 heavy (non-hydrogen) atoms. The van der Waals surface area contributed by atoms with Crippen LogP contribution in [0.1, 0.15) is 18.4 Å². The molecule has 0 saturated heterocycles. The van der Waals surface area contributed by atoms with Crippen LogP contribution >= 0.6 is 23.2 Å². The molecule has 0 radical (unpaired) electrons. The van der Waals surface area contributed by atoms with E-state index in [-0.39, 0.29) is 19.4 Å². The Balaban J connectivity index is 2.04. The van der Waals surface area contributed by atoms with Gasteiger partial charge < -0.3 is 0 Å². The highest BCUT2D eigenvalue weighted by Crippen LogP contribution is 2.49. The van der Waals surface area contributed by atoms with Gasteiger partial charge in [0.05, 0.1) is 0 Å². The van der Waals surface area contributed by atoms with Gasteiger partial charge in [-0.3, -0.25) is 5.32 Å². The fourth-order valence-electron chi connectivity index (χ4n) is 1.61. The SMILES string of the molecule is FC(F)(F)C1(NCc2ccc(Cl)cc2Cl)CC1. The van der Waals surface area contributed by atoms with E-state index in [9.17, 15) is 13.2 Å². The Hall–Kier alpha value is -0.450. The lowest BCUT2D eigenvalue weighted by Gasteiger charge is -2.21. The molecule has 1 fully saturated rings. The molecule has 0 spiro atoms. The third-order valence-corrected chi connectivity index (χ3v) is 3.51. The maximum absolute atomic E-state index is 12.6. The number of hydrogen-bond donors (Lipinski definition) is 1. The lowest BCUT2D eigenvalue weighted by Crippen LogP contribution is -2.44. The van der Waals surface area contributed by atoms with E-state index in [1.807, 2.05) is 0 Å². The van der Waals surface area contributed by atoms with Crippen molar-refractivity contribution in [3.8, 4) is 0 Å². The molecule has 94 valence electrons. The monoisotopic (exact) mass is 283 g/mol. The minimum absolute atomic E-state index is 0.0928. The molecule has 0 atom stereocenters. The highest BCUT2D eigenvalue weighted by molar-refractivity contribution is 6.35. The van der Waals surface area contributed by atoms with Crippen molar-refractivity contribution in [1.82, 2.24) is 5.32 Å². The van der Waals surface area contributed by atoms with Crippen molar-refractivity contribution in [1.29, 1.82) is 0 Å². The standard InChI is InChI=1S/C11H10Cl2F3N/c12-8-2-1-7(9(13)5-8)6-17-10(3-4-10)11(14,15)16/h1-2,5,17H,3-4,6H2. The lowest BCUT2D eigenvalue weighted by atomic mass is 10.2. The Morgan fingerprint density at radius 2 is 1.88 bits per heavy atom. The molecule has 1 aliphatic carbocycles. The Kier molecular flexibility index (Phi) is 3.31. The molecular formula is C11H10Cl2F3N. The average molecular weight is 284 g/mol. The average Bonchev–Trinajstić information content (AvgIpc) is 2.96. The molecule has 0 unspecified atom stereocenters. The summed E-state index contributed by atoms with van der Waals surface area (Å²) in [6.45, 7) is 0.0928. The summed E-state index contributed by atoms with van der Waals surface area (Å²) in [6.07, 6.45) is -3.95. The van der Waals surface area contributed by atoms with Crippen LogP contribution in [0.15, 0.2) is 18.2 Å². The number of nitrogens with one attached hydrogen (secondary N) is 1. The van der Waals surface area contributed by atoms with Crippen molar-refractivity contribution in [3.63, 3.8) is 0 Å². The molecule has 0 aromatic heterocycles. The first-order valence-corrected chi connectivity index (χ1v) is 5.85. The summed E-state index contributed by atoms with van der Waals surface area (Å²) in [5.74, 6) is 0. The molecule has 1 aromatic rings. The highest BCUT2D eigenvalue weighted by atomic mass is 35.5. The van der Waals surface area contributed by atoms with E-state index in [4.69, 9.17) is 23.2 Å². The van der Waals surface area contributed by atoms with Crippen molar-refractivity contribution >= 4 is 23.2 Å². The molecular weight excluding hydrogens is 274 g/mol. The molecule has 0 bridgehead atoms. The second-order valence-corrected chi connectivity index (χ2v) is 5.01. The third-order valence-electron chi connectivity index (χ3n) is 2.92. The van der Waals surface area contributed by atoms with Gasteiger partial charge in [0.25, 0.3) is 0 Å². The van der Waals surface area contributed by atoms with Crippen LogP contribution in [0.5, 0.6) is 0 Å². The van der Waals surface area contributed by atoms with E-state index in [1.54, 1.807) is 12.1 Å². The van der Waals surface area contributed by atoms with Crippen LogP contribution in [-0.2, 0) is 6.54 Å². The van der Waals surface area contributed by atoms with E-state index in [0.29, 0.717) is 15.6 Å². The Labute approximate surface area is 107 Å². The number of halogens is 5. The van der Waals surface area contributed by atoms with Crippen molar-refractivity contribution in [2.24, 2.45) is 0 Å². The number of rotatable bonds is 3. The van der Waals surface area contributed by atoms with Crippen molar-refractivity contribution in [3.05, 3.63) is 33.8 Å². The normalized spacial score (nSPS) is 18.2. The number of hydrogen-bond acceptors (Lipinski definition) is 1. The Morgan fingerprint density at radius 1 is 1.24 bits per heavy atom. The topological polar surface area (TPSA) is 12.0 Å². The van der Waals surface area contributed by atoms with Crippen LogP contribution in [0.4, 0.5) is 13.2 Å². The Morgan fingerprint density at radius 3 is 2.35 bits per heavy atom. The fraction of sp³-hybridized carbons (Fsp3) is 0.455. The molecule has 1 saturated carbocycles. The van der Waals surface area contributed by atoms with Gasteiger partial charge in [0.2, 0.25) is 0 Å². The van der Waals surface area contributed by atoms with Crippen molar-refractivity contribution in [2.75, 3.05) is 0 Å². The van der Waals surface area contributed by atoms with Crippen molar-refractivity contribution in [2.45, 2.75) is 31.1 Å². The molecule has 0 heterocycles. The molecule has 2 rings (SSSR count). The predicted octanol–water partition coefficient (Wildman–Crippen LogP) is 4.18. The maximum Gasteiger partial charge on any atom is 0.406 e. The fourth-order valence-corrected chi connectivity index (χ4v) is 2.09.